The molecule has 0 spiro atoms. The lowest BCUT2D eigenvalue weighted by atomic mass is 9.86. The van der Waals surface area contributed by atoms with Crippen LogP contribution in [0.5, 0.6) is 0 Å². The molecule has 1 aromatic carbocycles. The molecule has 1 aromatic heterocycles. The number of nitrogens with zero attached hydrogens (tertiary/aromatic N) is 2. The Balaban J connectivity index is 2.24. The SMILES string of the molecule is Cc1ccc(-c2nc(Cl)c(C#N)c3c2CCCC3)cc1. The average molecular weight is 283 g/mol. The predicted molar refractivity (Wildman–Crippen MR) is 80.8 cm³/mol. The Kier molecular flexibility index (Phi) is 3.46. The van der Waals surface area contributed by atoms with Gasteiger partial charge in [0.1, 0.15) is 11.2 Å². The minimum Gasteiger partial charge on any atom is -0.234 e. The van der Waals surface area contributed by atoms with E-state index in [1.165, 1.54) is 11.1 Å². The number of hydrogen-bond donors (Lipinski definition) is 0. The molecular weight excluding hydrogens is 268 g/mol. The molecule has 1 aliphatic rings. The average Bonchev–Trinajstić information content (AvgIpc) is 2.47. The number of halogens is 1. The number of hydrogen-bond acceptors (Lipinski definition) is 2. The molecule has 0 saturated carbocycles. The molecule has 0 unspecified atom stereocenters. The van der Waals surface area contributed by atoms with Gasteiger partial charge in [-0.2, -0.15) is 5.26 Å². The molecule has 0 N–H and O–H groups in total. The fraction of sp³-hybridized carbons (Fsp3) is 0.294. The van der Waals surface area contributed by atoms with Crippen molar-refractivity contribution < 1.29 is 0 Å². The first-order valence-electron chi connectivity index (χ1n) is 6.89. The maximum Gasteiger partial charge on any atom is 0.147 e. The fourth-order valence-electron chi connectivity index (χ4n) is 2.85. The van der Waals surface area contributed by atoms with Crippen molar-refractivity contribution in [2.75, 3.05) is 0 Å². The predicted octanol–water partition coefficient (Wildman–Crippen LogP) is 4.46. The number of benzene rings is 1. The third kappa shape index (κ3) is 2.19. The van der Waals surface area contributed by atoms with Gasteiger partial charge in [0.05, 0.1) is 11.3 Å². The molecule has 2 nitrogen and oxygen atoms in total. The van der Waals surface area contributed by atoms with Crippen LogP contribution in [0.2, 0.25) is 5.15 Å². The highest BCUT2D eigenvalue weighted by molar-refractivity contribution is 6.30. The number of nitriles is 1. The topological polar surface area (TPSA) is 36.7 Å². The molecule has 0 atom stereocenters. The molecule has 0 radical (unpaired) electrons. The molecular formula is C17H15ClN2. The van der Waals surface area contributed by atoms with Gasteiger partial charge in [-0.1, -0.05) is 41.4 Å². The van der Waals surface area contributed by atoms with E-state index in [0.29, 0.717) is 10.7 Å². The Hall–Kier alpha value is -1.85. The minimum atomic E-state index is 0.337. The normalized spacial score (nSPS) is 13.7. The maximum absolute atomic E-state index is 9.30. The highest BCUT2D eigenvalue weighted by atomic mass is 35.5. The zero-order valence-electron chi connectivity index (χ0n) is 11.4. The molecule has 100 valence electrons. The van der Waals surface area contributed by atoms with Gasteiger partial charge in [-0.05, 0) is 43.7 Å². The van der Waals surface area contributed by atoms with E-state index in [-0.39, 0.29) is 0 Å². The Morgan fingerprint density at radius 1 is 1.10 bits per heavy atom. The first kappa shape index (κ1) is 13.1. The highest BCUT2D eigenvalue weighted by Gasteiger charge is 2.21. The first-order chi connectivity index (χ1) is 9.70. The van der Waals surface area contributed by atoms with Crippen LogP contribution < -0.4 is 0 Å². The van der Waals surface area contributed by atoms with Crippen LogP contribution in [-0.2, 0) is 12.8 Å². The Bertz CT molecular complexity index is 696. The summed E-state index contributed by atoms with van der Waals surface area (Å²) in [7, 11) is 0. The van der Waals surface area contributed by atoms with Crippen molar-refractivity contribution in [2.45, 2.75) is 32.6 Å². The van der Waals surface area contributed by atoms with Crippen LogP contribution in [0.15, 0.2) is 24.3 Å². The molecule has 0 amide bonds. The monoisotopic (exact) mass is 282 g/mol. The largest absolute Gasteiger partial charge is 0.234 e. The Morgan fingerprint density at radius 3 is 2.40 bits per heavy atom. The standard InChI is InChI=1S/C17H15ClN2/c1-11-6-8-12(9-7-11)16-14-5-3-2-4-13(14)15(10-19)17(18)20-16/h6-9H,2-5H2,1H3. The molecule has 2 aromatic rings. The summed E-state index contributed by atoms with van der Waals surface area (Å²) >= 11 is 6.21. The van der Waals surface area contributed by atoms with Crippen LogP contribution in [0.3, 0.4) is 0 Å². The Morgan fingerprint density at radius 2 is 1.75 bits per heavy atom. The quantitative estimate of drug-likeness (QED) is 0.724. The summed E-state index contributed by atoms with van der Waals surface area (Å²) in [5.74, 6) is 0. The van der Waals surface area contributed by atoms with Gasteiger partial charge in [0.2, 0.25) is 0 Å². The fourth-order valence-corrected chi connectivity index (χ4v) is 3.09. The van der Waals surface area contributed by atoms with Crippen molar-refractivity contribution >= 4 is 11.6 Å². The third-order valence-corrected chi connectivity index (χ3v) is 4.18. The minimum absolute atomic E-state index is 0.337. The molecule has 1 heterocycles. The second kappa shape index (κ2) is 5.26. The summed E-state index contributed by atoms with van der Waals surface area (Å²) < 4.78 is 0. The molecule has 3 rings (SSSR count). The van der Waals surface area contributed by atoms with Crippen LogP contribution in [0, 0.1) is 18.3 Å². The molecule has 3 heteroatoms. The molecule has 20 heavy (non-hydrogen) atoms. The maximum atomic E-state index is 9.30. The van der Waals surface area contributed by atoms with Crippen molar-refractivity contribution in [2.24, 2.45) is 0 Å². The van der Waals surface area contributed by atoms with Gasteiger partial charge in [-0.25, -0.2) is 4.98 Å². The van der Waals surface area contributed by atoms with Crippen molar-refractivity contribution in [3.8, 4) is 17.3 Å². The van der Waals surface area contributed by atoms with E-state index in [2.05, 4.69) is 42.2 Å². The number of aryl methyl sites for hydroxylation is 1. The van der Waals surface area contributed by atoms with Crippen LogP contribution in [0.1, 0.15) is 35.1 Å². The smallest absolute Gasteiger partial charge is 0.147 e. The van der Waals surface area contributed by atoms with E-state index < -0.39 is 0 Å². The number of pyridine rings is 1. The van der Waals surface area contributed by atoms with Crippen LogP contribution >= 0.6 is 11.6 Å². The summed E-state index contributed by atoms with van der Waals surface area (Å²) in [5, 5.41) is 9.63. The zero-order valence-corrected chi connectivity index (χ0v) is 12.2. The van der Waals surface area contributed by atoms with Crippen molar-refractivity contribution in [1.29, 1.82) is 5.26 Å². The lowest BCUT2D eigenvalue weighted by Gasteiger charge is -2.21. The van der Waals surface area contributed by atoms with Crippen LogP contribution in [0.25, 0.3) is 11.3 Å². The van der Waals surface area contributed by atoms with Crippen molar-refractivity contribution in [1.82, 2.24) is 4.98 Å². The first-order valence-corrected chi connectivity index (χ1v) is 7.27. The van der Waals surface area contributed by atoms with Crippen LogP contribution in [0.4, 0.5) is 0 Å². The molecule has 0 fully saturated rings. The van der Waals surface area contributed by atoms with E-state index in [1.54, 1.807) is 0 Å². The molecule has 0 bridgehead atoms. The van der Waals surface area contributed by atoms with Gasteiger partial charge in [0.15, 0.2) is 0 Å². The molecule has 0 aliphatic heterocycles. The second-order valence-electron chi connectivity index (χ2n) is 5.27. The van der Waals surface area contributed by atoms with Gasteiger partial charge in [0, 0.05) is 5.56 Å². The van der Waals surface area contributed by atoms with Gasteiger partial charge in [0.25, 0.3) is 0 Å². The van der Waals surface area contributed by atoms with E-state index in [1.807, 2.05) is 0 Å². The summed E-state index contributed by atoms with van der Waals surface area (Å²) in [5.41, 5.74) is 6.14. The summed E-state index contributed by atoms with van der Waals surface area (Å²) in [6.45, 7) is 2.07. The van der Waals surface area contributed by atoms with Crippen molar-refractivity contribution in [3.05, 3.63) is 51.7 Å². The molecule has 1 aliphatic carbocycles. The van der Waals surface area contributed by atoms with Gasteiger partial charge in [-0.3, -0.25) is 0 Å². The zero-order chi connectivity index (χ0) is 14.1. The van der Waals surface area contributed by atoms with E-state index in [9.17, 15) is 5.26 Å². The number of aromatic nitrogens is 1. The highest BCUT2D eigenvalue weighted by Crippen LogP contribution is 2.35. The number of rotatable bonds is 1. The van der Waals surface area contributed by atoms with Crippen LogP contribution in [-0.4, -0.2) is 4.98 Å². The third-order valence-electron chi connectivity index (χ3n) is 3.91. The lowest BCUT2D eigenvalue weighted by Crippen LogP contribution is -2.09. The lowest BCUT2D eigenvalue weighted by molar-refractivity contribution is 0.682. The van der Waals surface area contributed by atoms with Crippen molar-refractivity contribution in [3.63, 3.8) is 0 Å². The van der Waals surface area contributed by atoms with Gasteiger partial charge < -0.3 is 0 Å². The summed E-state index contributed by atoms with van der Waals surface area (Å²) in [6, 6.07) is 10.5. The summed E-state index contributed by atoms with van der Waals surface area (Å²) in [4.78, 5) is 4.50. The van der Waals surface area contributed by atoms with E-state index >= 15 is 0 Å². The summed E-state index contributed by atoms with van der Waals surface area (Å²) in [6.07, 6.45) is 4.19. The number of fused-ring (bicyclic) bond motifs is 1. The van der Waals surface area contributed by atoms with E-state index in [0.717, 1.165) is 42.5 Å². The van der Waals surface area contributed by atoms with Gasteiger partial charge >= 0.3 is 0 Å². The van der Waals surface area contributed by atoms with Gasteiger partial charge in [-0.15, -0.1) is 0 Å². The second-order valence-corrected chi connectivity index (χ2v) is 5.63. The Labute approximate surface area is 124 Å². The molecule has 0 saturated heterocycles. The van der Waals surface area contributed by atoms with E-state index in [4.69, 9.17) is 11.6 Å².